The molecule has 1 heterocycles. The van der Waals surface area contributed by atoms with Crippen LogP contribution in [-0.2, 0) is 9.59 Å². The van der Waals surface area contributed by atoms with Gasteiger partial charge in [0.1, 0.15) is 11.5 Å². The predicted octanol–water partition coefficient (Wildman–Crippen LogP) is 3.03. The third-order valence-electron chi connectivity index (χ3n) is 4.41. The van der Waals surface area contributed by atoms with Gasteiger partial charge in [0.25, 0.3) is 11.8 Å². The van der Waals surface area contributed by atoms with Crippen LogP contribution in [0.1, 0.15) is 6.92 Å². The molecule has 2 amide bonds. The topological polar surface area (TPSA) is 71.1 Å². The van der Waals surface area contributed by atoms with E-state index < -0.39 is 6.10 Å². The molecule has 1 atom stereocenters. The molecule has 0 aromatic heterocycles. The van der Waals surface area contributed by atoms with Crippen LogP contribution in [0.5, 0.6) is 11.5 Å². The Hall–Kier alpha value is -2.77. The number of carbonyl (C=O) groups is 2. The number of likely N-dealkylation sites (N-methyl/N-ethyl adjacent to an activating group) is 1. The summed E-state index contributed by atoms with van der Waals surface area (Å²) < 4.78 is 11.2. The van der Waals surface area contributed by atoms with E-state index in [0.717, 1.165) is 0 Å². The molecule has 0 fully saturated rings. The number of carbonyl (C=O) groups excluding carboxylic acids is 2. The Balaban J connectivity index is 1.68. The molecule has 0 saturated heterocycles. The van der Waals surface area contributed by atoms with Gasteiger partial charge in [0.05, 0.1) is 5.69 Å². The second-order valence-electron chi connectivity index (χ2n) is 7.03. The fraction of sp³-hybridized carbons (Fsp3) is 0.333. The Morgan fingerprint density at radius 1 is 1.24 bits per heavy atom. The fourth-order valence-electron chi connectivity index (χ4n) is 2.89. The maximum atomic E-state index is 12.6. The van der Waals surface area contributed by atoms with E-state index in [0.29, 0.717) is 41.0 Å². The van der Waals surface area contributed by atoms with E-state index in [1.165, 1.54) is 0 Å². The van der Waals surface area contributed by atoms with Gasteiger partial charge in [-0.25, -0.2) is 0 Å². The molecule has 0 saturated carbocycles. The highest BCUT2D eigenvalue weighted by molar-refractivity contribution is 6.30. The molecule has 1 unspecified atom stereocenters. The quantitative estimate of drug-likeness (QED) is 0.749. The van der Waals surface area contributed by atoms with Gasteiger partial charge >= 0.3 is 0 Å². The van der Waals surface area contributed by atoms with Crippen LogP contribution in [0.25, 0.3) is 0 Å². The number of anilines is 2. The lowest BCUT2D eigenvalue weighted by atomic mass is 10.1. The van der Waals surface area contributed by atoms with Gasteiger partial charge in [-0.3, -0.25) is 9.59 Å². The SMILES string of the molecule is CC1Oc2ccc(NC(=O)COc3ccc(Cl)cc3)cc2N(CCN(C)C)C1=O. The molecule has 1 aliphatic rings. The summed E-state index contributed by atoms with van der Waals surface area (Å²) in [5, 5.41) is 3.39. The minimum atomic E-state index is -0.544. The normalized spacial score (nSPS) is 15.7. The van der Waals surface area contributed by atoms with Gasteiger partial charge in [-0.1, -0.05) is 11.6 Å². The number of fused-ring (bicyclic) bond motifs is 1. The minimum Gasteiger partial charge on any atom is -0.484 e. The van der Waals surface area contributed by atoms with Gasteiger partial charge in [0, 0.05) is 23.8 Å². The molecule has 8 heteroatoms. The molecule has 0 aliphatic carbocycles. The zero-order valence-corrected chi connectivity index (χ0v) is 17.4. The van der Waals surface area contributed by atoms with Crippen LogP contribution >= 0.6 is 11.6 Å². The van der Waals surface area contributed by atoms with Crippen molar-refractivity contribution in [1.29, 1.82) is 0 Å². The van der Waals surface area contributed by atoms with Crippen LogP contribution in [0, 0.1) is 0 Å². The molecular formula is C21H24ClN3O4. The molecule has 29 heavy (non-hydrogen) atoms. The Kier molecular flexibility index (Phi) is 6.61. The number of amides is 2. The summed E-state index contributed by atoms with van der Waals surface area (Å²) in [7, 11) is 3.90. The maximum Gasteiger partial charge on any atom is 0.267 e. The van der Waals surface area contributed by atoms with Crippen molar-refractivity contribution >= 4 is 34.8 Å². The zero-order chi connectivity index (χ0) is 21.0. The predicted molar refractivity (Wildman–Crippen MR) is 113 cm³/mol. The number of nitrogens with zero attached hydrogens (tertiary/aromatic N) is 2. The largest absolute Gasteiger partial charge is 0.484 e. The average Bonchev–Trinajstić information content (AvgIpc) is 2.68. The fourth-order valence-corrected chi connectivity index (χ4v) is 3.02. The lowest BCUT2D eigenvalue weighted by molar-refractivity contribution is -0.125. The first-order valence-electron chi connectivity index (χ1n) is 9.28. The summed E-state index contributed by atoms with van der Waals surface area (Å²) in [6.07, 6.45) is -0.544. The first-order chi connectivity index (χ1) is 13.8. The van der Waals surface area contributed by atoms with Gasteiger partial charge in [0.15, 0.2) is 12.7 Å². The zero-order valence-electron chi connectivity index (χ0n) is 16.6. The van der Waals surface area contributed by atoms with Gasteiger partial charge in [-0.15, -0.1) is 0 Å². The standard InChI is InChI=1S/C21H24ClN3O4/c1-14-21(27)25(11-10-24(2)3)18-12-16(6-9-19(18)29-14)23-20(26)13-28-17-7-4-15(22)5-8-17/h4-9,12,14H,10-11,13H2,1-3H3,(H,23,26). The number of nitrogens with one attached hydrogen (secondary N) is 1. The van der Waals surface area contributed by atoms with E-state index in [-0.39, 0.29) is 18.4 Å². The monoisotopic (exact) mass is 417 g/mol. The Bertz CT molecular complexity index is 886. The number of rotatable bonds is 7. The number of hydrogen-bond acceptors (Lipinski definition) is 5. The molecule has 0 spiro atoms. The maximum absolute atomic E-state index is 12.6. The molecular weight excluding hydrogens is 394 g/mol. The van der Waals surface area contributed by atoms with Crippen molar-refractivity contribution in [2.45, 2.75) is 13.0 Å². The van der Waals surface area contributed by atoms with Crippen molar-refractivity contribution in [3.05, 3.63) is 47.5 Å². The molecule has 154 valence electrons. The highest BCUT2D eigenvalue weighted by Crippen LogP contribution is 2.36. The first-order valence-corrected chi connectivity index (χ1v) is 9.66. The van der Waals surface area contributed by atoms with Crippen molar-refractivity contribution in [2.24, 2.45) is 0 Å². The van der Waals surface area contributed by atoms with Gasteiger partial charge < -0.3 is 24.6 Å². The Labute approximate surface area is 175 Å². The molecule has 1 aliphatic heterocycles. The second kappa shape index (κ2) is 9.15. The van der Waals surface area contributed by atoms with E-state index in [4.69, 9.17) is 21.1 Å². The lowest BCUT2D eigenvalue weighted by Crippen LogP contribution is -2.46. The van der Waals surface area contributed by atoms with Crippen molar-refractivity contribution < 1.29 is 19.1 Å². The minimum absolute atomic E-state index is 0.103. The van der Waals surface area contributed by atoms with Crippen LogP contribution < -0.4 is 19.7 Å². The van der Waals surface area contributed by atoms with Crippen LogP contribution in [-0.4, -0.2) is 56.6 Å². The molecule has 0 bridgehead atoms. The third-order valence-corrected chi connectivity index (χ3v) is 4.66. The van der Waals surface area contributed by atoms with Gasteiger partial charge in [-0.2, -0.15) is 0 Å². The number of ether oxygens (including phenoxy) is 2. The van der Waals surface area contributed by atoms with Crippen molar-refractivity contribution in [2.75, 3.05) is 44.0 Å². The molecule has 0 radical (unpaired) electrons. The summed E-state index contributed by atoms with van der Waals surface area (Å²) in [6.45, 7) is 2.83. The number of hydrogen-bond donors (Lipinski definition) is 1. The van der Waals surface area contributed by atoms with E-state index in [1.54, 1.807) is 54.3 Å². The summed E-state index contributed by atoms with van der Waals surface area (Å²) in [5.74, 6) is 0.758. The highest BCUT2D eigenvalue weighted by Gasteiger charge is 2.31. The highest BCUT2D eigenvalue weighted by atomic mass is 35.5. The van der Waals surface area contributed by atoms with Crippen molar-refractivity contribution in [1.82, 2.24) is 4.90 Å². The lowest BCUT2D eigenvalue weighted by Gasteiger charge is -2.34. The summed E-state index contributed by atoms with van der Waals surface area (Å²) in [4.78, 5) is 28.5. The van der Waals surface area contributed by atoms with Crippen LogP contribution in [0.3, 0.4) is 0 Å². The van der Waals surface area contributed by atoms with Gasteiger partial charge in [0.2, 0.25) is 0 Å². The number of halogens is 1. The van der Waals surface area contributed by atoms with Crippen LogP contribution in [0.2, 0.25) is 5.02 Å². The van der Waals surface area contributed by atoms with E-state index >= 15 is 0 Å². The van der Waals surface area contributed by atoms with Crippen LogP contribution in [0.4, 0.5) is 11.4 Å². The first kappa shape index (κ1) is 21.0. The third kappa shape index (κ3) is 5.40. The Morgan fingerprint density at radius 2 is 1.97 bits per heavy atom. The summed E-state index contributed by atoms with van der Waals surface area (Å²) >= 11 is 5.83. The molecule has 2 aromatic rings. The molecule has 7 nitrogen and oxygen atoms in total. The van der Waals surface area contributed by atoms with E-state index in [2.05, 4.69) is 5.32 Å². The average molecular weight is 418 g/mol. The molecule has 3 rings (SSSR count). The summed E-state index contributed by atoms with van der Waals surface area (Å²) in [5.41, 5.74) is 1.21. The van der Waals surface area contributed by atoms with E-state index in [1.807, 2.05) is 19.0 Å². The smallest absolute Gasteiger partial charge is 0.267 e. The van der Waals surface area contributed by atoms with E-state index in [9.17, 15) is 9.59 Å². The molecule has 1 N–H and O–H groups in total. The van der Waals surface area contributed by atoms with Crippen molar-refractivity contribution in [3.8, 4) is 11.5 Å². The molecule has 2 aromatic carbocycles. The number of benzene rings is 2. The Morgan fingerprint density at radius 3 is 2.66 bits per heavy atom. The summed E-state index contributed by atoms with van der Waals surface area (Å²) in [6, 6.07) is 12.0. The van der Waals surface area contributed by atoms with Crippen LogP contribution in [0.15, 0.2) is 42.5 Å². The van der Waals surface area contributed by atoms with Gasteiger partial charge in [-0.05, 0) is 63.5 Å². The second-order valence-corrected chi connectivity index (χ2v) is 7.46. The van der Waals surface area contributed by atoms with Crippen molar-refractivity contribution in [3.63, 3.8) is 0 Å².